The van der Waals surface area contributed by atoms with Gasteiger partial charge in [-0.25, -0.2) is 0 Å². The molecule has 4 heteroatoms. The van der Waals surface area contributed by atoms with Gasteiger partial charge in [0.2, 0.25) is 0 Å². The lowest BCUT2D eigenvalue weighted by Gasteiger charge is -2.12. The molecular formula is C18H36O4. The third kappa shape index (κ3) is 14.4. The zero-order valence-electron chi connectivity index (χ0n) is 14.3. The van der Waals surface area contributed by atoms with Crippen LogP contribution >= 0.6 is 0 Å². The Hall–Kier alpha value is -0.580. The minimum atomic E-state index is -3.09. The smallest absolute Gasteiger partial charge is 0.337 e. The molecule has 0 rings (SSSR count). The van der Waals surface area contributed by atoms with Crippen LogP contribution in [0.1, 0.15) is 96.8 Å². The predicted molar refractivity (Wildman–Crippen MR) is 90.4 cm³/mol. The van der Waals surface area contributed by atoms with Gasteiger partial charge in [0.05, 0.1) is 0 Å². The molecule has 0 spiro atoms. The van der Waals surface area contributed by atoms with Gasteiger partial charge in [0.25, 0.3) is 0 Å². The fourth-order valence-electron chi connectivity index (χ4n) is 2.54. The van der Waals surface area contributed by atoms with Crippen molar-refractivity contribution in [1.29, 1.82) is 0 Å². The molecule has 22 heavy (non-hydrogen) atoms. The van der Waals surface area contributed by atoms with Gasteiger partial charge in [0, 0.05) is 0 Å². The Bertz CT molecular complexity index is 269. The summed E-state index contributed by atoms with van der Waals surface area (Å²) in [5, 5.41) is 35.1. The van der Waals surface area contributed by atoms with Crippen molar-refractivity contribution >= 4 is 0 Å². The molecule has 0 heterocycles. The molecular weight excluding hydrogens is 280 g/mol. The van der Waals surface area contributed by atoms with Crippen molar-refractivity contribution in [3.63, 3.8) is 0 Å². The lowest BCUT2D eigenvalue weighted by molar-refractivity contribution is -0.298. The van der Waals surface area contributed by atoms with Crippen LogP contribution in [0.3, 0.4) is 0 Å². The first kappa shape index (κ1) is 21.4. The molecule has 4 nitrogen and oxygen atoms in total. The van der Waals surface area contributed by atoms with E-state index in [2.05, 4.69) is 6.92 Å². The summed E-state index contributed by atoms with van der Waals surface area (Å²) in [4.78, 5) is 0. The second-order valence-electron chi connectivity index (χ2n) is 6.26. The molecule has 0 radical (unpaired) electrons. The van der Waals surface area contributed by atoms with Crippen LogP contribution in [0.4, 0.5) is 0 Å². The first-order valence-corrected chi connectivity index (χ1v) is 9.05. The maximum Gasteiger partial charge on any atom is 0.337 e. The van der Waals surface area contributed by atoms with Gasteiger partial charge in [0.1, 0.15) is 0 Å². The number of unbranched alkanes of at least 4 members (excludes halogenated alkanes) is 13. The highest BCUT2D eigenvalue weighted by atomic mass is 16.7. The highest BCUT2D eigenvalue weighted by Crippen LogP contribution is 2.14. The first-order valence-electron chi connectivity index (χ1n) is 9.05. The summed E-state index contributed by atoms with van der Waals surface area (Å²) in [5.74, 6) is -3.87. The predicted octanol–water partition coefficient (Wildman–Crippen LogP) is 4.54. The average molecular weight is 316 g/mol. The number of rotatable bonds is 15. The van der Waals surface area contributed by atoms with E-state index in [1.54, 1.807) is 0 Å². The molecule has 0 saturated heterocycles. The van der Waals surface area contributed by atoms with Crippen LogP contribution in [0.2, 0.25) is 0 Å². The fraction of sp³-hybridized carbons (Fsp3) is 0.889. The number of hydrogen-bond donors (Lipinski definition) is 4. The zero-order chi connectivity index (χ0) is 16.7. The van der Waals surface area contributed by atoms with Crippen LogP contribution in [0.5, 0.6) is 0 Å². The average Bonchev–Trinajstić information content (AvgIpc) is 2.46. The second-order valence-corrected chi connectivity index (χ2v) is 6.26. The van der Waals surface area contributed by atoms with Crippen molar-refractivity contribution in [3.05, 3.63) is 11.8 Å². The number of allylic oxidation sites excluding steroid dienone is 1. The van der Waals surface area contributed by atoms with E-state index in [9.17, 15) is 0 Å². The van der Waals surface area contributed by atoms with Crippen molar-refractivity contribution < 1.29 is 20.4 Å². The van der Waals surface area contributed by atoms with Gasteiger partial charge in [-0.05, 0) is 18.9 Å². The van der Waals surface area contributed by atoms with Gasteiger partial charge in [0.15, 0.2) is 5.76 Å². The Kier molecular flexibility index (Phi) is 13.7. The molecule has 0 amide bonds. The van der Waals surface area contributed by atoms with E-state index in [0.717, 1.165) is 12.8 Å². The van der Waals surface area contributed by atoms with E-state index in [1.807, 2.05) is 0 Å². The highest BCUT2D eigenvalue weighted by Gasteiger charge is 2.23. The van der Waals surface area contributed by atoms with Gasteiger partial charge >= 0.3 is 5.97 Å². The first-order chi connectivity index (χ1) is 10.5. The summed E-state index contributed by atoms with van der Waals surface area (Å²) in [6, 6.07) is 0. The summed E-state index contributed by atoms with van der Waals surface area (Å²) in [5.41, 5.74) is 0. The lowest BCUT2D eigenvalue weighted by Crippen LogP contribution is -2.29. The molecule has 0 aliphatic heterocycles. The maximum absolute atomic E-state index is 9.09. The quantitative estimate of drug-likeness (QED) is 0.203. The van der Waals surface area contributed by atoms with E-state index in [0.29, 0.717) is 6.42 Å². The van der Waals surface area contributed by atoms with Crippen LogP contribution in [0, 0.1) is 0 Å². The molecule has 132 valence electrons. The third-order valence-corrected chi connectivity index (χ3v) is 3.99. The molecule has 0 bridgehead atoms. The minimum Gasteiger partial charge on any atom is -0.505 e. The van der Waals surface area contributed by atoms with Crippen molar-refractivity contribution in [2.45, 2.75) is 103 Å². The molecule has 0 unspecified atom stereocenters. The summed E-state index contributed by atoms with van der Waals surface area (Å²) >= 11 is 0. The molecule has 0 fully saturated rings. The van der Waals surface area contributed by atoms with Gasteiger partial charge < -0.3 is 20.4 Å². The zero-order valence-corrected chi connectivity index (χ0v) is 14.3. The minimum absolute atomic E-state index is 0.549. The normalized spacial score (nSPS) is 12.8. The van der Waals surface area contributed by atoms with Crippen LogP contribution in [-0.4, -0.2) is 26.4 Å². The van der Waals surface area contributed by atoms with Crippen molar-refractivity contribution in [3.8, 4) is 0 Å². The Labute approximate surface area is 135 Å². The van der Waals surface area contributed by atoms with Gasteiger partial charge in [-0.15, -0.1) is 0 Å². The van der Waals surface area contributed by atoms with Crippen molar-refractivity contribution in [2.75, 3.05) is 0 Å². The third-order valence-electron chi connectivity index (χ3n) is 3.99. The van der Waals surface area contributed by atoms with E-state index >= 15 is 0 Å². The summed E-state index contributed by atoms with van der Waals surface area (Å²) in [7, 11) is 0. The molecule has 0 aromatic carbocycles. The molecule has 0 atom stereocenters. The van der Waals surface area contributed by atoms with E-state index in [-0.39, 0.29) is 0 Å². The SMILES string of the molecule is CCCCCCCCCCCCCCCC=C(O)C(O)(O)O. The highest BCUT2D eigenvalue weighted by molar-refractivity contribution is 4.96. The Morgan fingerprint density at radius 2 is 1.05 bits per heavy atom. The van der Waals surface area contributed by atoms with Crippen LogP contribution in [-0.2, 0) is 0 Å². The Balaban J connectivity index is 3.21. The van der Waals surface area contributed by atoms with Crippen molar-refractivity contribution in [2.24, 2.45) is 0 Å². The lowest BCUT2D eigenvalue weighted by atomic mass is 10.0. The van der Waals surface area contributed by atoms with E-state index in [4.69, 9.17) is 20.4 Å². The summed E-state index contributed by atoms with van der Waals surface area (Å²) in [6.07, 6.45) is 18.4. The molecule has 0 aromatic heterocycles. The van der Waals surface area contributed by atoms with Crippen molar-refractivity contribution in [1.82, 2.24) is 0 Å². The topological polar surface area (TPSA) is 80.9 Å². The fourth-order valence-corrected chi connectivity index (χ4v) is 2.54. The van der Waals surface area contributed by atoms with E-state index in [1.165, 1.54) is 76.7 Å². The monoisotopic (exact) mass is 316 g/mol. The van der Waals surface area contributed by atoms with Crippen LogP contribution in [0.25, 0.3) is 0 Å². The number of hydrogen-bond acceptors (Lipinski definition) is 4. The molecule has 0 aliphatic carbocycles. The molecule has 0 aromatic rings. The molecule has 0 saturated carbocycles. The maximum atomic E-state index is 9.09. The molecule has 0 aliphatic rings. The van der Waals surface area contributed by atoms with Gasteiger partial charge in [-0.3, -0.25) is 0 Å². The second kappa shape index (κ2) is 14.0. The largest absolute Gasteiger partial charge is 0.505 e. The number of aliphatic hydroxyl groups excluding tert-OH is 1. The number of aliphatic hydroxyl groups is 4. The van der Waals surface area contributed by atoms with E-state index < -0.39 is 11.7 Å². The summed E-state index contributed by atoms with van der Waals surface area (Å²) < 4.78 is 0. The molecule has 4 N–H and O–H groups in total. The van der Waals surface area contributed by atoms with Gasteiger partial charge in [-0.2, -0.15) is 0 Å². The Morgan fingerprint density at radius 1 is 0.682 bits per heavy atom. The Morgan fingerprint density at radius 3 is 1.41 bits per heavy atom. The van der Waals surface area contributed by atoms with Gasteiger partial charge in [-0.1, -0.05) is 84.0 Å². The standard InChI is InChI=1S/C18H36O4/c1-2-3-4-5-6-7-8-9-10-11-12-13-14-15-16-17(19)18(20,21)22/h16,19-22H,2-15H2,1H3. The summed E-state index contributed by atoms with van der Waals surface area (Å²) in [6.45, 7) is 2.25. The van der Waals surface area contributed by atoms with Crippen LogP contribution in [0.15, 0.2) is 11.8 Å². The van der Waals surface area contributed by atoms with Crippen LogP contribution < -0.4 is 0 Å².